The van der Waals surface area contributed by atoms with Gasteiger partial charge in [-0.3, -0.25) is 13.9 Å². The van der Waals surface area contributed by atoms with Crippen molar-refractivity contribution in [3.8, 4) is 0 Å². The van der Waals surface area contributed by atoms with Crippen LogP contribution in [0.4, 0.5) is 5.69 Å². The standard InChI is InChI=1S/C31H35Cl2N3O4S/c1-22-13-15-24(16-14-22)20-35(23(2)31(38)34-26-9-5-3-6-10-26)30(37)21-36(29-19-25(32)17-18-28(29)33)41(39,40)27-11-7-4-8-12-27/h4,7-8,11-19,23,26H,3,5-6,9-10,20-21H2,1-2H3,(H,34,38)/t23-/m0/s1. The Balaban J connectivity index is 1.69. The third-order valence-electron chi connectivity index (χ3n) is 7.38. The van der Waals surface area contributed by atoms with Gasteiger partial charge in [-0.2, -0.15) is 0 Å². The number of nitrogens with one attached hydrogen (secondary N) is 1. The Kier molecular flexibility index (Phi) is 10.3. The van der Waals surface area contributed by atoms with Gasteiger partial charge in [-0.15, -0.1) is 0 Å². The molecule has 1 fully saturated rings. The zero-order valence-electron chi connectivity index (χ0n) is 23.2. The summed E-state index contributed by atoms with van der Waals surface area (Å²) in [4.78, 5) is 28.9. The van der Waals surface area contributed by atoms with Gasteiger partial charge < -0.3 is 10.2 Å². The van der Waals surface area contributed by atoms with Crippen molar-refractivity contribution in [2.75, 3.05) is 10.8 Å². The molecular weight excluding hydrogens is 581 g/mol. The molecule has 1 atom stereocenters. The first-order chi connectivity index (χ1) is 19.6. The number of amides is 2. The fourth-order valence-electron chi connectivity index (χ4n) is 4.95. The summed E-state index contributed by atoms with van der Waals surface area (Å²) in [5.74, 6) is -0.817. The molecule has 4 rings (SSSR count). The molecule has 1 N–H and O–H groups in total. The van der Waals surface area contributed by atoms with Gasteiger partial charge in [0.05, 0.1) is 15.6 Å². The minimum atomic E-state index is -4.23. The molecule has 0 heterocycles. The lowest BCUT2D eigenvalue weighted by Crippen LogP contribution is -2.53. The number of hydrogen-bond acceptors (Lipinski definition) is 4. The number of anilines is 1. The van der Waals surface area contributed by atoms with Crippen LogP contribution in [0, 0.1) is 6.92 Å². The van der Waals surface area contributed by atoms with Crippen LogP contribution in [0.15, 0.2) is 77.7 Å². The number of hydrogen-bond donors (Lipinski definition) is 1. The smallest absolute Gasteiger partial charge is 0.264 e. The fourth-order valence-corrected chi connectivity index (χ4v) is 6.83. The maximum atomic E-state index is 14.1. The van der Waals surface area contributed by atoms with E-state index in [4.69, 9.17) is 23.2 Å². The van der Waals surface area contributed by atoms with Crippen LogP contribution >= 0.6 is 23.2 Å². The van der Waals surface area contributed by atoms with Crippen molar-refractivity contribution in [2.45, 2.75) is 69.5 Å². The van der Waals surface area contributed by atoms with Crippen LogP contribution in [0.25, 0.3) is 0 Å². The molecular formula is C31H35Cl2N3O4S. The first kappa shape index (κ1) is 30.9. The zero-order valence-corrected chi connectivity index (χ0v) is 25.6. The molecule has 1 aliphatic rings. The Morgan fingerprint density at radius 3 is 2.27 bits per heavy atom. The predicted octanol–water partition coefficient (Wildman–Crippen LogP) is 6.36. The highest BCUT2D eigenvalue weighted by Gasteiger charge is 2.34. The van der Waals surface area contributed by atoms with Crippen molar-refractivity contribution in [2.24, 2.45) is 0 Å². The predicted molar refractivity (Wildman–Crippen MR) is 164 cm³/mol. The van der Waals surface area contributed by atoms with E-state index in [1.54, 1.807) is 31.2 Å². The topological polar surface area (TPSA) is 86.8 Å². The third-order valence-corrected chi connectivity index (χ3v) is 9.71. The van der Waals surface area contributed by atoms with Crippen LogP contribution < -0.4 is 9.62 Å². The van der Waals surface area contributed by atoms with Crippen molar-refractivity contribution in [3.05, 3.63) is 94.0 Å². The molecule has 0 saturated heterocycles. The highest BCUT2D eigenvalue weighted by molar-refractivity contribution is 7.92. The Hall–Kier alpha value is -3.07. The van der Waals surface area contributed by atoms with Gasteiger partial charge in [0.15, 0.2) is 0 Å². The van der Waals surface area contributed by atoms with Crippen molar-refractivity contribution >= 4 is 50.7 Å². The maximum absolute atomic E-state index is 14.1. The lowest BCUT2D eigenvalue weighted by Gasteiger charge is -2.33. The first-order valence-electron chi connectivity index (χ1n) is 13.7. The number of aryl methyl sites for hydroxylation is 1. The monoisotopic (exact) mass is 615 g/mol. The molecule has 3 aromatic carbocycles. The Morgan fingerprint density at radius 2 is 1.61 bits per heavy atom. The molecule has 0 spiro atoms. The summed E-state index contributed by atoms with van der Waals surface area (Å²) < 4.78 is 28.7. The van der Waals surface area contributed by atoms with E-state index < -0.39 is 28.5 Å². The van der Waals surface area contributed by atoms with Gasteiger partial charge in [-0.1, -0.05) is 90.5 Å². The molecule has 0 unspecified atom stereocenters. The van der Waals surface area contributed by atoms with Gasteiger partial charge in [0.25, 0.3) is 10.0 Å². The second-order valence-corrected chi connectivity index (χ2v) is 13.2. The molecule has 1 aliphatic carbocycles. The molecule has 0 radical (unpaired) electrons. The van der Waals surface area contributed by atoms with E-state index in [0.29, 0.717) is 0 Å². The molecule has 0 bridgehead atoms. The van der Waals surface area contributed by atoms with E-state index in [1.165, 1.54) is 29.2 Å². The Bertz CT molecular complexity index is 1460. The number of benzene rings is 3. The summed E-state index contributed by atoms with van der Waals surface area (Å²) in [7, 11) is -4.23. The van der Waals surface area contributed by atoms with Crippen LogP contribution in [-0.2, 0) is 26.2 Å². The molecule has 10 heteroatoms. The van der Waals surface area contributed by atoms with Gasteiger partial charge in [-0.05, 0) is 62.6 Å². The molecule has 3 aromatic rings. The first-order valence-corrected chi connectivity index (χ1v) is 15.9. The normalized spacial score (nSPS) is 14.7. The van der Waals surface area contributed by atoms with Gasteiger partial charge in [0, 0.05) is 17.6 Å². The van der Waals surface area contributed by atoms with Crippen molar-refractivity contribution in [1.82, 2.24) is 10.2 Å². The number of carbonyl (C=O) groups excluding carboxylic acids is 2. The molecule has 2 amide bonds. The second kappa shape index (κ2) is 13.7. The fraction of sp³-hybridized carbons (Fsp3) is 0.355. The summed E-state index contributed by atoms with van der Waals surface area (Å²) in [6.45, 7) is 3.19. The zero-order chi connectivity index (χ0) is 29.6. The maximum Gasteiger partial charge on any atom is 0.264 e. The van der Waals surface area contributed by atoms with Crippen LogP contribution in [0.3, 0.4) is 0 Å². The van der Waals surface area contributed by atoms with E-state index in [1.807, 2.05) is 31.2 Å². The average molecular weight is 617 g/mol. The van der Waals surface area contributed by atoms with E-state index in [-0.39, 0.29) is 39.1 Å². The van der Waals surface area contributed by atoms with E-state index in [9.17, 15) is 18.0 Å². The largest absolute Gasteiger partial charge is 0.352 e. The number of sulfonamides is 1. The summed E-state index contributed by atoms with van der Waals surface area (Å²) >= 11 is 12.7. The minimum absolute atomic E-state index is 0.00276. The quantitative estimate of drug-likeness (QED) is 0.287. The van der Waals surface area contributed by atoms with Crippen molar-refractivity contribution < 1.29 is 18.0 Å². The molecule has 0 aromatic heterocycles. The average Bonchev–Trinajstić information content (AvgIpc) is 2.97. The molecule has 0 aliphatic heterocycles. The lowest BCUT2D eigenvalue weighted by molar-refractivity contribution is -0.139. The van der Waals surface area contributed by atoms with E-state index in [2.05, 4.69) is 5.32 Å². The van der Waals surface area contributed by atoms with Crippen LogP contribution in [0.5, 0.6) is 0 Å². The van der Waals surface area contributed by atoms with Crippen LogP contribution in [-0.4, -0.2) is 43.8 Å². The SMILES string of the molecule is Cc1ccc(CN(C(=O)CN(c2cc(Cl)ccc2Cl)S(=O)(=O)c2ccccc2)[C@@H](C)C(=O)NC2CCCCC2)cc1. The lowest BCUT2D eigenvalue weighted by atomic mass is 9.95. The molecule has 41 heavy (non-hydrogen) atoms. The number of nitrogens with zero attached hydrogens (tertiary/aromatic N) is 2. The van der Waals surface area contributed by atoms with E-state index >= 15 is 0 Å². The van der Waals surface area contributed by atoms with Gasteiger partial charge >= 0.3 is 0 Å². The summed E-state index contributed by atoms with van der Waals surface area (Å²) in [6.07, 6.45) is 5.06. The second-order valence-electron chi connectivity index (χ2n) is 10.4. The highest BCUT2D eigenvalue weighted by Crippen LogP contribution is 2.33. The Morgan fingerprint density at radius 1 is 0.951 bits per heavy atom. The molecule has 218 valence electrons. The van der Waals surface area contributed by atoms with Crippen molar-refractivity contribution in [1.29, 1.82) is 0 Å². The minimum Gasteiger partial charge on any atom is -0.352 e. The van der Waals surface area contributed by atoms with Gasteiger partial charge in [-0.25, -0.2) is 8.42 Å². The van der Waals surface area contributed by atoms with Crippen LogP contribution in [0.2, 0.25) is 10.0 Å². The van der Waals surface area contributed by atoms with Crippen molar-refractivity contribution in [3.63, 3.8) is 0 Å². The Labute approximate surface area is 252 Å². The molecule has 7 nitrogen and oxygen atoms in total. The van der Waals surface area contributed by atoms with Crippen LogP contribution in [0.1, 0.15) is 50.2 Å². The number of carbonyl (C=O) groups is 2. The summed E-state index contributed by atoms with van der Waals surface area (Å²) in [5.41, 5.74) is 1.95. The van der Waals surface area contributed by atoms with E-state index in [0.717, 1.165) is 47.5 Å². The van der Waals surface area contributed by atoms with Gasteiger partial charge in [0.1, 0.15) is 12.6 Å². The summed E-state index contributed by atoms with van der Waals surface area (Å²) in [6, 6.07) is 19.2. The third kappa shape index (κ3) is 7.82. The number of halogens is 2. The van der Waals surface area contributed by atoms with Gasteiger partial charge in [0.2, 0.25) is 11.8 Å². The molecule has 1 saturated carbocycles. The summed E-state index contributed by atoms with van der Waals surface area (Å²) in [5, 5.41) is 3.49. The number of rotatable bonds is 10. The highest BCUT2D eigenvalue weighted by atomic mass is 35.5.